The molecule has 0 heterocycles. The normalized spacial score (nSPS) is 10.4. The van der Waals surface area contributed by atoms with E-state index in [0.717, 1.165) is 3.57 Å². The average Bonchev–Trinajstić information content (AvgIpc) is 2.36. The fourth-order valence-corrected chi connectivity index (χ4v) is 2.13. The molecule has 2 aromatic carbocycles. The summed E-state index contributed by atoms with van der Waals surface area (Å²) >= 11 is 7.78. The van der Waals surface area contributed by atoms with Gasteiger partial charge in [-0.15, -0.1) is 0 Å². The Morgan fingerprint density at radius 1 is 1.22 bits per heavy atom. The van der Waals surface area contributed by atoms with Gasteiger partial charge in [0.05, 0.1) is 6.61 Å². The van der Waals surface area contributed by atoms with E-state index < -0.39 is 5.82 Å². The van der Waals surface area contributed by atoms with Gasteiger partial charge in [0.2, 0.25) is 0 Å². The number of ether oxygens (including phenoxy) is 1. The van der Waals surface area contributed by atoms with E-state index in [9.17, 15) is 4.39 Å². The number of aliphatic hydroxyl groups is 1. The average molecular weight is 379 g/mol. The maximum atomic E-state index is 13.7. The van der Waals surface area contributed by atoms with Gasteiger partial charge in [0.15, 0.2) is 11.6 Å². The molecule has 0 fully saturated rings. The standard InChI is InChI=1S/C13H9ClFIO2/c14-9-1-3-10(4-2-9)18-13-6-12(16)8(7-17)5-11(13)15/h1-6,17H,7H2. The Morgan fingerprint density at radius 3 is 2.50 bits per heavy atom. The van der Waals surface area contributed by atoms with Crippen molar-refractivity contribution >= 4 is 34.2 Å². The van der Waals surface area contributed by atoms with E-state index in [1.165, 1.54) is 6.07 Å². The largest absolute Gasteiger partial charge is 0.454 e. The lowest BCUT2D eigenvalue weighted by Gasteiger charge is -2.09. The first-order chi connectivity index (χ1) is 8.60. The van der Waals surface area contributed by atoms with Crippen molar-refractivity contribution in [2.24, 2.45) is 0 Å². The number of rotatable bonds is 3. The molecule has 5 heteroatoms. The zero-order chi connectivity index (χ0) is 13.1. The summed E-state index contributed by atoms with van der Waals surface area (Å²) in [7, 11) is 0. The monoisotopic (exact) mass is 378 g/mol. The van der Waals surface area contributed by atoms with Crippen molar-refractivity contribution in [3.8, 4) is 11.5 Å². The van der Waals surface area contributed by atoms with Crippen LogP contribution in [0.1, 0.15) is 5.56 Å². The van der Waals surface area contributed by atoms with E-state index in [-0.39, 0.29) is 12.4 Å². The molecule has 94 valence electrons. The van der Waals surface area contributed by atoms with Gasteiger partial charge in [-0.1, -0.05) is 11.6 Å². The van der Waals surface area contributed by atoms with Crippen LogP contribution < -0.4 is 4.74 Å². The van der Waals surface area contributed by atoms with Gasteiger partial charge in [-0.05, 0) is 64.6 Å². The molecular formula is C13H9ClFIO2. The minimum atomic E-state index is -0.505. The third-order valence-electron chi connectivity index (χ3n) is 2.31. The summed E-state index contributed by atoms with van der Waals surface area (Å²) in [6.07, 6.45) is 0. The molecule has 2 rings (SSSR count). The molecule has 1 N–H and O–H groups in total. The van der Waals surface area contributed by atoms with Crippen LogP contribution in [0.25, 0.3) is 0 Å². The minimum Gasteiger partial charge on any atom is -0.454 e. The Hall–Kier alpha value is -0.850. The van der Waals surface area contributed by atoms with E-state index in [1.54, 1.807) is 30.3 Å². The third-order valence-corrected chi connectivity index (χ3v) is 3.57. The van der Waals surface area contributed by atoms with Crippen LogP contribution in [0, 0.1) is 9.39 Å². The number of halogens is 3. The maximum absolute atomic E-state index is 13.7. The van der Waals surface area contributed by atoms with Crippen LogP contribution in [0.15, 0.2) is 36.4 Å². The summed E-state index contributed by atoms with van der Waals surface area (Å²) in [5.41, 5.74) is 0.538. The Bertz CT molecular complexity index is 558. The molecular weight excluding hydrogens is 369 g/mol. The summed E-state index contributed by atoms with van der Waals surface area (Å²) in [5, 5.41) is 9.62. The molecule has 0 unspecified atom stereocenters. The number of hydrogen-bond donors (Lipinski definition) is 1. The van der Waals surface area contributed by atoms with E-state index in [0.29, 0.717) is 16.3 Å². The fourth-order valence-electron chi connectivity index (χ4n) is 1.40. The van der Waals surface area contributed by atoms with E-state index in [2.05, 4.69) is 0 Å². The Labute approximate surface area is 122 Å². The predicted molar refractivity (Wildman–Crippen MR) is 76.6 cm³/mol. The number of benzene rings is 2. The molecule has 0 spiro atoms. The molecule has 18 heavy (non-hydrogen) atoms. The van der Waals surface area contributed by atoms with Crippen molar-refractivity contribution in [2.75, 3.05) is 0 Å². The molecule has 0 bridgehead atoms. The second-order valence-corrected chi connectivity index (χ2v) is 5.19. The third kappa shape index (κ3) is 3.13. The molecule has 0 amide bonds. The lowest BCUT2D eigenvalue weighted by atomic mass is 10.2. The van der Waals surface area contributed by atoms with Gasteiger partial charge in [-0.25, -0.2) is 4.39 Å². The number of aliphatic hydroxyl groups excluding tert-OH is 1. The topological polar surface area (TPSA) is 29.5 Å². The Balaban J connectivity index is 2.29. The smallest absolute Gasteiger partial charge is 0.166 e. The van der Waals surface area contributed by atoms with Crippen LogP contribution in [0.2, 0.25) is 5.02 Å². The van der Waals surface area contributed by atoms with Gasteiger partial charge in [-0.2, -0.15) is 0 Å². The first-order valence-electron chi connectivity index (χ1n) is 5.12. The highest BCUT2D eigenvalue weighted by atomic mass is 127. The molecule has 0 radical (unpaired) electrons. The fraction of sp³-hybridized carbons (Fsp3) is 0.0769. The summed E-state index contributed by atoms with van der Waals surface area (Å²) < 4.78 is 19.9. The molecule has 0 atom stereocenters. The molecule has 0 saturated carbocycles. The minimum absolute atomic E-state index is 0.124. The van der Waals surface area contributed by atoms with Gasteiger partial charge < -0.3 is 9.84 Å². The van der Waals surface area contributed by atoms with E-state index in [4.69, 9.17) is 21.4 Å². The zero-order valence-corrected chi connectivity index (χ0v) is 12.1. The van der Waals surface area contributed by atoms with Crippen LogP contribution >= 0.6 is 34.2 Å². The SMILES string of the molecule is OCc1cc(F)c(Oc2ccc(Cl)cc2)cc1I. The highest BCUT2D eigenvalue weighted by Crippen LogP contribution is 2.29. The highest BCUT2D eigenvalue weighted by Gasteiger charge is 2.09. The molecule has 0 aliphatic heterocycles. The molecule has 2 aromatic rings. The Morgan fingerprint density at radius 2 is 1.89 bits per heavy atom. The summed E-state index contributed by atoms with van der Waals surface area (Å²) in [4.78, 5) is 0. The molecule has 0 saturated heterocycles. The van der Waals surface area contributed by atoms with E-state index >= 15 is 0 Å². The van der Waals surface area contributed by atoms with Crippen LogP contribution in [0.3, 0.4) is 0 Å². The number of hydrogen-bond acceptors (Lipinski definition) is 2. The predicted octanol–water partition coefficient (Wildman–Crippen LogP) is 4.37. The molecule has 0 aliphatic carbocycles. The molecule has 0 aliphatic rings. The van der Waals surface area contributed by atoms with Crippen molar-refractivity contribution < 1.29 is 14.2 Å². The highest BCUT2D eigenvalue weighted by molar-refractivity contribution is 14.1. The van der Waals surface area contributed by atoms with E-state index in [1.807, 2.05) is 22.6 Å². The molecule has 2 nitrogen and oxygen atoms in total. The summed E-state index contributed by atoms with van der Waals surface area (Å²) in [5.74, 6) is 0.124. The second kappa shape index (κ2) is 5.86. The van der Waals surface area contributed by atoms with Gasteiger partial charge >= 0.3 is 0 Å². The van der Waals surface area contributed by atoms with Crippen molar-refractivity contribution in [3.63, 3.8) is 0 Å². The summed E-state index contributed by atoms with van der Waals surface area (Å²) in [6.45, 7) is -0.198. The zero-order valence-electron chi connectivity index (χ0n) is 9.16. The Kier molecular flexibility index (Phi) is 4.42. The van der Waals surface area contributed by atoms with Crippen LogP contribution in [0.5, 0.6) is 11.5 Å². The van der Waals surface area contributed by atoms with Gasteiger partial charge in [0, 0.05) is 8.59 Å². The van der Waals surface area contributed by atoms with Crippen LogP contribution in [-0.2, 0) is 6.61 Å². The lowest BCUT2D eigenvalue weighted by molar-refractivity contribution is 0.280. The molecule has 0 aromatic heterocycles. The van der Waals surface area contributed by atoms with Gasteiger partial charge in [0.25, 0.3) is 0 Å². The van der Waals surface area contributed by atoms with Crippen molar-refractivity contribution in [1.82, 2.24) is 0 Å². The van der Waals surface area contributed by atoms with Crippen LogP contribution in [0.4, 0.5) is 4.39 Å². The lowest BCUT2D eigenvalue weighted by Crippen LogP contribution is -1.94. The van der Waals surface area contributed by atoms with Crippen molar-refractivity contribution in [1.29, 1.82) is 0 Å². The quantitative estimate of drug-likeness (QED) is 0.804. The van der Waals surface area contributed by atoms with Gasteiger partial charge in [-0.3, -0.25) is 0 Å². The van der Waals surface area contributed by atoms with Crippen LogP contribution in [-0.4, -0.2) is 5.11 Å². The first kappa shape index (κ1) is 13.6. The second-order valence-electron chi connectivity index (χ2n) is 3.59. The summed E-state index contributed by atoms with van der Waals surface area (Å²) in [6, 6.07) is 9.48. The van der Waals surface area contributed by atoms with Crippen molar-refractivity contribution in [3.05, 3.63) is 56.4 Å². The van der Waals surface area contributed by atoms with Gasteiger partial charge in [0.1, 0.15) is 5.75 Å². The van der Waals surface area contributed by atoms with Crippen molar-refractivity contribution in [2.45, 2.75) is 6.61 Å². The first-order valence-corrected chi connectivity index (χ1v) is 6.58. The maximum Gasteiger partial charge on any atom is 0.166 e.